The summed E-state index contributed by atoms with van der Waals surface area (Å²) in [6.07, 6.45) is 1.42. The molecule has 2 amide bonds. The topological polar surface area (TPSA) is 93.0 Å². The van der Waals surface area contributed by atoms with Crippen LogP contribution in [0.25, 0.3) is 0 Å². The fraction of sp³-hybridized carbons (Fsp3) is 0.391. The first-order valence-corrected chi connectivity index (χ1v) is 10.5. The molecule has 0 spiro atoms. The molecule has 2 atom stereocenters. The van der Waals surface area contributed by atoms with E-state index in [-0.39, 0.29) is 29.5 Å². The Morgan fingerprint density at radius 3 is 2.23 bits per heavy atom. The molecule has 8 nitrogen and oxygen atoms in total. The molecule has 2 aliphatic heterocycles. The molecule has 0 aromatic heterocycles. The number of nitro benzene ring substituents is 1. The number of ether oxygens (including phenoxy) is 1. The lowest BCUT2D eigenvalue weighted by molar-refractivity contribution is -0.384. The zero-order valence-electron chi connectivity index (χ0n) is 17.2. The lowest BCUT2D eigenvalue weighted by atomic mass is 9.88. The van der Waals surface area contributed by atoms with E-state index < -0.39 is 4.92 Å². The standard InChI is InChI=1S/C23H25N3O5/c27-22(18-8-10-19(11-9-18)26(29)30)24-12-14-25(15-13-24)23(28)20-7-4-16-31-21(20)17-5-2-1-3-6-17/h1-3,5-6,8-11,20-21H,4,7,12-16H2/t20-,21-/m1/s1. The Bertz CT molecular complexity index is 939. The number of benzene rings is 2. The van der Waals surface area contributed by atoms with Crippen molar-refractivity contribution in [3.63, 3.8) is 0 Å². The van der Waals surface area contributed by atoms with Gasteiger partial charge in [0.05, 0.1) is 16.9 Å². The van der Waals surface area contributed by atoms with Crippen LogP contribution in [0.5, 0.6) is 0 Å². The Labute approximate surface area is 180 Å². The molecule has 0 aliphatic carbocycles. The molecular formula is C23H25N3O5. The summed E-state index contributed by atoms with van der Waals surface area (Å²) in [4.78, 5) is 39.8. The minimum Gasteiger partial charge on any atom is -0.373 e. The first-order valence-electron chi connectivity index (χ1n) is 10.5. The summed E-state index contributed by atoms with van der Waals surface area (Å²) in [6, 6.07) is 15.5. The summed E-state index contributed by atoms with van der Waals surface area (Å²) < 4.78 is 5.97. The molecule has 2 heterocycles. The second kappa shape index (κ2) is 9.26. The van der Waals surface area contributed by atoms with Crippen LogP contribution in [0.3, 0.4) is 0 Å². The molecule has 0 saturated carbocycles. The van der Waals surface area contributed by atoms with Gasteiger partial charge in [-0.15, -0.1) is 0 Å². The fourth-order valence-corrected chi connectivity index (χ4v) is 4.28. The third kappa shape index (κ3) is 4.59. The highest BCUT2D eigenvalue weighted by atomic mass is 16.6. The van der Waals surface area contributed by atoms with Gasteiger partial charge in [-0.1, -0.05) is 30.3 Å². The fourth-order valence-electron chi connectivity index (χ4n) is 4.28. The van der Waals surface area contributed by atoms with Crippen LogP contribution in [0.4, 0.5) is 5.69 Å². The van der Waals surface area contributed by atoms with Crippen LogP contribution < -0.4 is 0 Å². The normalized spacial score (nSPS) is 21.5. The number of nitro groups is 1. The molecule has 4 rings (SSSR count). The van der Waals surface area contributed by atoms with Crippen LogP contribution in [0, 0.1) is 16.0 Å². The SMILES string of the molecule is O=C(c1ccc([N+](=O)[O-])cc1)N1CCN(C(=O)[C@@H]2CCCO[C@@H]2c2ccccc2)CC1. The van der Waals surface area contributed by atoms with Crippen molar-refractivity contribution in [2.45, 2.75) is 18.9 Å². The van der Waals surface area contributed by atoms with Crippen LogP contribution in [-0.2, 0) is 9.53 Å². The lowest BCUT2D eigenvalue weighted by Gasteiger charge is -2.39. The molecule has 2 aromatic carbocycles. The van der Waals surface area contributed by atoms with Crippen LogP contribution in [0.2, 0.25) is 0 Å². The first kappa shape index (κ1) is 21.0. The van der Waals surface area contributed by atoms with Gasteiger partial charge in [-0.3, -0.25) is 19.7 Å². The van der Waals surface area contributed by atoms with Gasteiger partial charge in [0, 0.05) is 50.5 Å². The quantitative estimate of drug-likeness (QED) is 0.557. The molecule has 2 fully saturated rings. The minimum absolute atomic E-state index is 0.0466. The average molecular weight is 423 g/mol. The van der Waals surface area contributed by atoms with Gasteiger partial charge in [0.15, 0.2) is 0 Å². The molecule has 2 aliphatic rings. The van der Waals surface area contributed by atoms with Crippen molar-refractivity contribution in [2.24, 2.45) is 5.92 Å². The number of rotatable bonds is 4. The molecule has 162 valence electrons. The second-order valence-corrected chi connectivity index (χ2v) is 7.87. The highest BCUT2D eigenvalue weighted by molar-refractivity contribution is 5.94. The molecule has 0 bridgehead atoms. The molecule has 0 N–H and O–H groups in total. The third-order valence-corrected chi connectivity index (χ3v) is 5.97. The zero-order valence-corrected chi connectivity index (χ0v) is 17.2. The molecule has 0 radical (unpaired) electrons. The summed E-state index contributed by atoms with van der Waals surface area (Å²) in [6.45, 7) is 2.46. The van der Waals surface area contributed by atoms with Gasteiger partial charge in [0.2, 0.25) is 5.91 Å². The van der Waals surface area contributed by atoms with Crippen molar-refractivity contribution in [3.8, 4) is 0 Å². The van der Waals surface area contributed by atoms with Gasteiger partial charge in [0.25, 0.3) is 11.6 Å². The van der Waals surface area contributed by atoms with Gasteiger partial charge in [-0.25, -0.2) is 0 Å². The van der Waals surface area contributed by atoms with Gasteiger partial charge in [-0.05, 0) is 30.5 Å². The summed E-state index contributed by atoms with van der Waals surface area (Å²) in [5.74, 6) is -0.311. The maximum atomic E-state index is 13.3. The number of hydrogen-bond acceptors (Lipinski definition) is 5. The van der Waals surface area contributed by atoms with Crippen molar-refractivity contribution in [1.82, 2.24) is 9.80 Å². The summed E-state index contributed by atoms with van der Waals surface area (Å²) >= 11 is 0. The van der Waals surface area contributed by atoms with Crippen molar-refractivity contribution < 1.29 is 19.2 Å². The number of hydrogen-bond donors (Lipinski definition) is 0. The number of carbonyl (C=O) groups is 2. The van der Waals surface area contributed by atoms with Crippen LogP contribution in [0.1, 0.15) is 34.9 Å². The predicted molar refractivity (Wildman–Crippen MR) is 113 cm³/mol. The lowest BCUT2D eigenvalue weighted by Crippen LogP contribution is -2.53. The summed E-state index contributed by atoms with van der Waals surface area (Å²) in [5, 5.41) is 10.8. The largest absolute Gasteiger partial charge is 0.373 e. The number of nitrogens with zero attached hydrogens (tertiary/aromatic N) is 3. The molecule has 2 saturated heterocycles. The highest BCUT2D eigenvalue weighted by Crippen LogP contribution is 2.35. The molecule has 8 heteroatoms. The van der Waals surface area contributed by atoms with E-state index in [9.17, 15) is 19.7 Å². The van der Waals surface area contributed by atoms with E-state index in [2.05, 4.69) is 0 Å². The predicted octanol–water partition coefficient (Wildman–Crippen LogP) is 3.05. The van der Waals surface area contributed by atoms with Crippen molar-refractivity contribution in [2.75, 3.05) is 32.8 Å². The molecule has 31 heavy (non-hydrogen) atoms. The number of non-ortho nitro benzene ring substituents is 1. The van der Waals surface area contributed by atoms with Gasteiger partial charge >= 0.3 is 0 Å². The molecule has 2 aromatic rings. The summed E-state index contributed by atoms with van der Waals surface area (Å²) in [5.41, 5.74) is 1.39. The van der Waals surface area contributed by atoms with Crippen LogP contribution >= 0.6 is 0 Å². The van der Waals surface area contributed by atoms with E-state index in [4.69, 9.17) is 4.74 Å². The number of amides is 2. The van der Waals surface area contributed by atoms with Crippen molar-refractivity contribution in [1.29, 1.82) is 0 Å². The minimum atomic E-state index is -0.490. The van der Waals surface area contributed by atoms with E-state index >= 15 is 0 Å². The Morgan fingerprint density at radius 1 is 0.935 bits per heavy atom. The monoisotopic (exact) mass is 423 g/mol. The maximum Gasteiger partial charge on any atom is 0.269 e. The Hall–Kier alpha value is -3.26. The Kier molecular flexibility index (Phi) is 6.27. The van der Waals surface area contributed by atoms with Gasteiger partial charge < -0.3 is 14.5 Å². The number of piperazine rings is 1. The summed E-state index contributed by atoms with van der Waals surface area (Å²) in [7, 11) is 0. The molecule has 0 unspecified atom stereocenters. The van der Waals surface area contributed by atoms with Gasteiger partial charge in [0.1, 0.15) is 0 Å². The van der Waals surface area contributed by atoms with Crippen molar-refractivity contribution >= 4 is 17.5 Å². The van der Waals surface area contributed by atoms with E-state index in [1.54, 1.807) is 4.90 Å². The highest BCUT2D eigenvalue weighted by Gasteiger charge is 2.37. The van der Waals surface area contributed by atoms with Crippen LogP contribution in [0.15, 0.2) is 54.6 Å². The van der Waals surface area contributed by atoms with E-state index in [0.717, 1.165) is 18.4 Å². The van der Waals surface area contributed by atoms with Crippen LogP contribution in [-0.4, -0.2) is 59.3 Å². The Balaban J connectivity index is 1.38. The smallest absolute Gasteiger partial charge is 0.269 e. The zero-order chi connectivity index (χ0) is 21.8. The number of carbonyl (C=O) groups excluding carboxylic acids is 2. The van der Waals surface area contributed by atoms with E-state index in [0.29, 0.717) is 38.3 Å². The van der Waals surface area contributed by atoms with E-state index in [1.807, 2.05) is 35.2 Å². The third-order valence-electron chi connectivity index (χ3n) is 5.97. The molecular weight excluding hydrogens is 398 g/mol. The average Bonchev–Trinajstić information content (AvgIpc) is 2.84. The Morgan fingerprint density at radius 2 is 1.58 bits per heavy atom. The second-order valence-electron chi connectivity index (χ2n) is 7.87. The van der Waals surface area contributed by atoms with Crippen molar-refractivity contribution in [3.05, 3.63) is 75.8 Å². The van der Waals surface area contributed by atoms with Gasteiger partial charge in [-0.2, -0.15) is 0 Å². The maximum absolute atomic E-state index is 13.3. The first-order chi connectivity index (χ1) is 15.0. The van der Waals surface area contributed by atoms with E-state index in [1.165, 1.54) is 24.3 Å².